The van der Waals surface area contributed by atoms with E-state index in [0.29, 0.717) is 84.8 Å². The lowest BCUT2D eigenvalue weighted by Crippen LogP contribution is -2.55. The number of benzene rings is 2. The molecular weight excluding hydrogens is 991 g/mol. The van der Waals surface area contributed by atoms with Gasteiger partial charge in [0.25, 0.3) is 22.0 Å². The maximum absolute atomic E-state index is 13.9. The molecular formula is C49H59N15O10S. The molecule has 4 aromatic heterocycles. The smallest absolute Gasteiger partial charge is 0.407 e. The van der Waals surface area contributed by atoms with Crippen molar-refractivity contribution in [2.24, 2.45) is 17.4 Å². The third-order valence-electron chi connectivity index (χ3n) is 13.0. The highest BCUT2D eigenvalue weighted by molar-refractivity contribution is 7.86. The maximum atomic E-state index is 13.9. The van der Waals surface area contributed by atoms with E-state index in [2.05, 4.69) is 32.7 Å². The van der Waals surface area contributed by atoms with Gasteiger partial charge in [-0.05, 0) is 82.9 Å². The molecule has 0 radical (unpaired) electrons. The van der Waals surface area contributed by atoms with Gasteiger partial charge in [0.05, 0.1) is 29.5 Å². The zero-order chi connectivity index (χ0) is 53.7. The molecule has 7 N–H and O–H groups in total. The molecule has 0 unspecified atom stereocenters. The number of ether oxygens (including phenoxy) is 2. The Kier molecular flexibility index (Phi) is 15.9. The van der Waals surface area contributed by atoms with Gasteiger partial charge in [0.2, 0.25) is 23.7 Å². The van der Waals surface area contributed by atoms with Gasteiger partial charge >= 0.3 is 6.09 Å². The molecule has 0 saturated carbocycles. The predicted octanol–water partition coefficient (Wildman–Crippen LogP) is 3.43. The lowest BCUT2D eigenvalue weighted by atomic mass is 9.95. The number of carbonyl (C=O) groups is 5. The van der Waals surface area contributed by atoms with E-state index in [1.54, 1.807) is 56.6 Å². The highest BCUT2D eigenvalue weighted by Gasteiger charge is 2.35. The van der Waals surface area contributed by atoms with Crippen LogP contribution in [0.25, 0.3) is 22.1 Å². The van der Waals surface area contributed by atoms with E-state index < -0.39 is 39.9 Å². The minimum Gasteiger partial charge on any atom is -0.494 e. The number of aryl methyl sites for hydroxylation is 4. The monoisotopic (exact) mass is 1050 g/mol. The Morgan fingerprint density at radius 2 is 1.20 bits per heavy atom. The summed E-state index contributed by atoms with van der Waals surface area (Å²) in [6, 6.07) is 9.32. The first kappa shape index (κ1) is 53.0. The Bertz CT molecular complexity index is 3400. The number of imidazole rings is 2. The largest absolute Gasteiger partial charge is 0.494 e. The average molecular weight is 1050 g/mol. The summed E-state index contributed by atoms with van der Waals surface area (Å²) in [5.41, 5.74) is 15.1. The molecule has 0 spiro atoms. The molecule has 2 aliphatic heterocycles. The summed E-state index contributed by atoms with van der Waals surface area (Å²) >= 11 is 0. The zero-order valence-corrected chi connectivity index (χ0v) is 43.0. The number of carbonyl (C=O) groups excluding carboxylic acids is 4. The fourth-order valence-electron chi connectivity index (χ4n) is 9.19. The van der Waals surface area contributed by atoms with Crippen molar-refractivity contribution >= 4 is 73.9 Å². The van der Waals surface area contributed by atoms with E-state index in [-0.39, 0.29) is 91.8 Å². The molecule has 396 valence electrons. The minimum absolute atomic E-state index is 0.0787. The Morgan fingerprint density at radius 1 is 0.720 bits per heavy atom. The van der Waals surface area contributed by atoms with Crippen LogP contribution in [0.15, 0.2) is 48.6 Å². The molecule has 2 aromatic carbocycles. The van der Waals surface area contributed by atoms with Crippen LogP contribution in [0, 0.1) is 31.6 Å². The molecule has 0 bridgehead atoms. The summed E-state index contributed by atoms with van der Waals surface area (Å²) in [6.45, 7) is 9.32. The zero-order valence-electron chi connectivity index (χ0n) is 42.2. The third-order valence-corrected chi connectivity index (χ3v) is 15.1. The number of piperazine rings is 1. The fourth-order valence-corrected chi connectivity index (χ4v) is 10.8. The molecule has 5 amide bonds. The summed E-state index contributed by atoms with van der Waals surface area (Å²) in [5.74, 6) is 4.68. The van der Waals surface area contributed by atoms with Gasteiger partial charge < -0.3 is 40.1 Å². The molecule has 26 heteroatoms. The summed E-state index contributed by atoms with van der Waals surface area (Å²) < 4.78 is 48.0. The van der Waals surface area contributed by atoms with Crippen molar-refractivity contribution < 1.29 is 47.0 Å². The topological polar surface area (TPSA) is 315 Å². The second-order valence-corrected chi connectivity index (χ2v) is 19.9. The number of piperidine rings is 1. The number of carboxylic acid groups (broad SMARTS) is 1. The van der Waals surface area contributed by atoms with Crippen LogP contribution in [0.3, 0.4) is 0 Å². The number of nitrogens with one attached hydrogen (secondary N) is 2. The fraction of sp³-hybridized carbons (Fsp3) is 0.408. The van der Waals surface area contributed by atoms with Gasteiger partial charge in [0.1, 0.15) is 40.5 Å². The lowest BCUT2D eigenvalue weighted by molar-refractivity contribution is 0.0991. The van der Waals surface area contributed by atoms with Crippen molar-refractivity contribution in [3.63, 3.8) is 0 Å². The number of nitrogens with two attached hydrogens (primary N) is 2. The van der Waals surface area contributed by atoms with Gasteiger partial charge in [-0.2, -0.15) is 27.2 Å². The van der Waals surface area contributed by atoms with E-state index in [9.17, 15) is 37.5 Å². The normalized spacial score (nSPS) is 14.8. The number of hydrogen-bond acceptors (Lipinski definition) is 13. The van der Waals surface area contributed by atoms with Crippen LogP contribution in [0.5, 0.6) is 11.5 Å². The van der Waals surface area contributed by atoms with E-state index in [0.717, 1.165) is 0 Å². The summed E-state index contributed by atoms with van der Waals surface area (Å²) in [5, 5.41) is 23.9. The van der Waals surface area contributed by atoms with Gasteiger partial charge in [-0.1, -0.05) is 24.0 Å². The van der Waals surface area contributed by atoms with Gasteiger partial charge in [0.15, 0.2) is 0 Å². The van der Waals surface area contributed by atoms with Gasteiger partial charge in [0, 0.05) is 83.0 Å². The highest BCUT2D eigenvalue weighted by Crippen LogP contribution is 2.33. The van der Waals surface area contributed by atoms with E-state index in [1.165, 1.54) is 44.9 Å². The van der Waals surface area contributed by atoms with Crippen molar-refractivity contribution in [2.75, 3.05) is 63.6 Å². The number of methoxy groups -OCH3 is 1. The van der Waals surface area contributed by atoms with E-state index >= 15 is 0 Å². The molecule has 6 heterocycles. The second kappa shape index (κ2) is 22.5. The minimum atomic E-state index is -3.74. The first-order valence-corrected chi connectivity index (χ1v) is 25.7. The molecule has 2 aliphatic rings. The Hall–Kier alpha value is -8.28. The number of fused-ring (bicyclic) bond motifs is 2. The van der Waals surface area contributed by atoms with Crippen LogP contribution >= 0.6 is 0 Å². The van der Waals surface area contributed by atoms with Crippen molar-refractivity contribution in [1.29, 1.82) is 0 Å². The third kappa shape index (κ3) is 11.4. The number of nitrogens with zero attached hydrogens (tertiary/aromatic N) is 11. The average Bonchev–Trinajstić information content (AvgIpc) is 4.17. The molecule has 6 aromatic rings. The van der Waals surface area contributed by atoms with Gasteiger partial charge in [-0.25, -0.2) is 14.8 Å². The van der Waals surface area contributed by atoms with E-state index in [1.807, 2.05) is 13.8 Å². The van der Waals surface area contributed by atoms with Crippen LogP contribution in [0.1, 0.15) is 86.2 Å². The summed E-state index contributed by atoms with van der Waals surface area (Å²) in [6.07, 6.45) is 4.20. The molecule has 75 heavy (non-hydrogen) atoms. The first-order chi connectivity index (χ1) is 35.9. The SMILES string of the molecule is CCn1nc(C)cc1C(=O)Nc1nc2cc(C(N)=O)cc(OC)c2n1CC=CCn1c(NC(=O)c2cc(C)nn2CC)nc2cc(C(N)=O)cc(OCC#CCC3CCN(S(=O)(=O)N4CCN(C(=O)O)CC4)CC3)c21. The van der Waals surface area contributed by atoms with E-state index in [4.69, 9.17) is 30.9 Å². The van der Waals surface area contributed by atoms with Crippen molar-refractivity contribution in [2.45, 2.75) is 73.1 Å². The molecule has 2 saturated heterocycles. The first-order valence-electron chi connectivity index (χ1n) is 24.3. The number of anilines is 2. The number of allylic oxidation sites excluding steroid dienone is 2. The standard InChI is InChI=1S/C49H59N15O10S/c1-6-63-37(24-30(3)56-63)45(67)54-47-52-35-26-33(43(50)65)28-39(73-5)41(35)61(47)15-9-10-16-62-42-36(53-48(62)55-46(68)38-25-31(4)57-64(38)7-2)27-34(44(51)66)29-40(42)74-23-11-8-12-32-13-17-59(18-14-32)75(71,72)60-21-19-58(20-22-60)49(69)70/h9-10,24-29,32H,6-7,12-23H2,1-5H3,(H2,50,65)(H2,51,66)(H,69,70)(H,52,54,67)(H,53,55,68). The molecule has 25 nitrogen and oxygen atoms in total. The van der Waals surface area contributed by atoms with Crippen LogP contribution in [0.2, 0.25) is 0 Å². The summed E-state index contributed by atoms with van der Waals surface area (Å²) in [4.78, 5) is 74.7. The molecule has 2 fully saturated rings. The number of aromatic nitrogens is 8. The van der Waals surface area contributed by atoms with Crippen molar-refractivity contribution in [3.05, 3.63) is 82.5 Å². The van der Waals surface area contributed by atoms with Gasteiger partial charge in [-0.3, -0.25) is 39.2 Å². The molecule has 8 rings (SSSR count). The number of amides is 5. The van der Waals surface area contributed by atoms with Crippen molar-refractivity contribution in [1.82, 2.24) is 52.2 Å². The quantitative estimate of drug-likeness (QED) is 0.0609. The molecule has 0 aliphatic carbocycles. The predicted molar refractivity (Wildman–Crippen MR) is 276 cm³/mol. The second-order valence-electron chi connectivity index (χ2n) is 17.9. The van der Waals surface area contributed by atoms with Crippen LogP contribution in [-0.4, -0.2) is 148 Å². The Morgan fingerprint density at radius 3 is 1.67 bits per heavy atom. The summed E-state index contributed by atoms with van der Waals surface area (Å²) in [7, 11) is -2.30. The Balaban J connectivity index is 1.06. The highest BCUT2D eigenvalue weighted by atomic mass is 32.2. The van der Waals surface area contributed by atoms with Crippen molar-refractivity contribution in [3.8, 4) is 23.3 Å². The number of primary amides is 2. The number of hydrogen-bond donors (Lipinski definition) is 5. The molecule has 0 atom stereocenters. The van der Waals surface area contributed by atoms with Crippen LogP contribution < -0.4 is 31.6 Å². The van der Waals surface area contributed by atoms with Crippen LogP contribution in [-0.2, 0) is 36.4 Å². The maximum Gasteiger partial charge on any atom is 0.407 e. The van der Waals surface area contributed by atoms with Gasteiger partial charge in [-0.15, -0.1) is 0 Å². The lowest BCUT2D eigenvalue weighted by Gasteiger charge is -2.38. The van der Waals surface area contributed by atoms with Crippen LogP contribution in [0.4, 0.5) is 16.7 Å². The number of rotatable bonds is 18. The Labute approximate surface area is 431 Å².